The van der Waals surface area contributed by atoms with E-state index in [1.165, 1.54) is 0 Å². The predicted molar refractivity (Wildman–Crippen MR) is 97.8 cm³/mol. The number of nitrogens with zero attached hydrogens (tertiary/aromatic N) is 4. The highest BCUT2D eigenvalue weighted by molar-refractivity contribution is 5.61. The van der Waals surface area contributed by atoms with Crippen molar-refractivity contribution in [1.82, 2.24) is 15.0 Å². The number of benzene rings is 2. The van der Waals surface area contributed by atoms with Crippen molar-refractivity contribution in [3.8, 4) is 11.4 Å². The second kappa shape index (κ2) is 6.95. The molecule has 0 fully saturated rings. The van der Waals surface area contributed by atoms with Gasteiger partial charge in [0.1, 0.15) is 0 Å². The third kappa shape index (κ3) is 3.78. The van der Waals surface area contributed by atoms with Gasteiger partial charge in [-0.1, -0.05) is 30.3 Å². The van der Waals surface area contributed by atoms with Crippen molar-refractivity contribution >= 4 is 17.6 Å². The Balaban J connectivity index is 1.80. The van der Waals surface area contributed by atoms with Crippen LogP contribution in [-0.4, -0.2) is 29.0 Å². The second-order valence-corrected chi connectivity index (χ2v) is 5.62. The van der Waals surface area contributed by atoms with Gasteiger partial charge < -0.3 is 16.0 Å². The number of nitrogen functional groups attached to an aromatic ring is 1. The smallest absolute Gasteiger partial charge is 0.228 e. The zero-order chi connectivity index (χ0) is 16.9. The lowest BCUT2D eigenvalue weighted by molar-refractivity contribution is 1.02. The molecule has 2 aromatic carbocycles. The van der Waals surface area contributed by atoms with Crippen molar-refractivity contribution in [2.24, 2.45) is 0 Å². The molecule has 0 bridgehead atoms. The normalized spacial score (nSPS) is 10.4. The van der Waals surface area contributed by atoms with Crippen LogP contribution in [0, 0.1) is 0 Å². The molecule has 1 heterocycles. The highest BCUT2D eigenvalue weighted by Crippen LogP contribution is 2.21. The van der Waals surface area contributed by atoms with E-state index in [4.69, 9.17) is 5.73 Å². The van der Waals surface area contributed by atoms with Gasteiger partial charge in [-0.15, -0.1) is 0 Å². The molecule has 0 spiro atoms. The number of nitrogens with two attached hydrogens (primary N) is 1. The first-order valence-corrected chi connectivity index (χ1v) is 7.69. The zero-order valence-corrected chi connectivity index (χ0v) is 13.8. The van der Waals surface area contributed by atoms with E-state index in [9.17, 15) is 0 Å². The fourth-order valence-corrected chi connectivity index (χ4v) is 2.29. The largest absolute Gasteiger partial charge is 0.378 e. The van der Waals surface area contributed by atoms with Crippen LogP contribution in [0.15, 0.2) is 54.6 Å². The molecule has 122 valence electrons. The van der Waals surface area contributed by atoms with E-state index in [0.717, 1.165) is 16.8 Å². The van der Waals surface area contributed by atoms with E-state index in [1.54, 1.807) is 0 Å². The molecule has 0 aliphatic heterocycles. The molecule has 6 heteroatoms. The summed E-state index contributed by atoms with van der Waals surface area (Å²) in [6, 6.07) is 18.1. The summed E-state index contributed by atoms with van der Waals surface area (Å²) in [6.07, 6.45) is 0. The Hall–Kier alpha value is -3.15. The van der Waals surface area contributed by atoms with E-state index >= 15 is 0 Å². The van der Waals surface area contributed by atoms with Crippen LogP contribution in [0.2, 0.25) is 0 Å². The molecular formula is C18H20N6. The Bertz CT molecular complexity index is 799. The zero-order valence-electron chi connectivity index (χ0n) is 13.8. The molecule has 0 unspecified atom stereocenters. The average Bonchev–Trinajstić information content (AvgIpc) is 2.60. The van der Waals surface area contributed by atoms with Gasteiger partial charge in [-0.05, 0) is 29.8 Å². The summed E-state index contributed by atoms with van der Waals surface area (Å²) in [4.78, 5) is 14.9. The van der Waals surface area contributed by atoms with E-state index in [0.29, 0.717) is 18.3 Å². The van der Waals surface area contributed by atoms with E-state index in [2.05, 4.69) is 20.3 Å². The first-order valence-electron chi connectivity index (χ1n) is 7.69. The Labute approximate surface area is 141 Å². The van der Waals surface area contributed by atoms with Crippen LogP contribution in [0.4, 0.5) is 17.6 Å². The molecule has 0 saturated carbocycles. The lowest BCUT2D eigenvalue weighted by Gasteiger charge is -2.12. The Morgan fingerprint density at radius 2 is 1.62 bits per heavy atom. The van der Waals surface area contributed by atoms with Crippen molar-refractivity contribution in [2.75, 3.05) is 30.0 Å². The maximum absolute atomic E-state index is 5.83. The summed E-state index contributed by atoms with van der Waals surface area (Å²) < 4.78 is 0. The minimum atomic E-state index is 0.201. The molecule has 0 aliphatic carbocycles. The number of rotatable bonds is 5. The number of anilines is 3. The summed E-state index contributed by atoms with van der Waals surface area (Å²) in [5.41, 5.74) is 8.99. The van der Waals surface area contributed by atoms with Crippen molar-refractivity contribution in [1.29, 1.82) is 0 Å². The van der Waals surface area contributed by atoms with E-state index in [-0.39, 0.29) is 5.95 Å². The second-order valence-electron chi connectivity index (χ2n) is 5.62. The van der Waals surface area contributed by atoms with Crippen LogP contribution < -0.4 is 16.0 Å². The van der Waals surface area contributed by atoms with Gasteiger partial charge in [-0.2, -0.15) is 15.0 Å². The molecule has 3 aromatic rings. The lowest BCUT2D eigenvalue weighted by Crippen LogP contribution is -2.09. The quantitative estimate of drug-likeness (QED) is 0.752. The van der Waals surface area contributed by atoms with Crippen molar-refractivity contribution in [2.45, 2.75) is 6.54 Å². The van der Waals surface area contributed by atoms with Gasteiger partial charge in [0.2, 0.25) is 11.9 Å². The van der Waals surface area contributed by atoms with Crippen LogP contribution in [0.3, 0.4) is 0 Å². The van der Waals surface area contributed by atoms with Gasteiger partial charge >= 0.3 is 0 Å². The minimum Gasteiger partial charge on any atom is -0.378 e. The number of hydrogen-bond acceptors (Lipinski definition) is 6. The molecule has 3 rings (SSSR count). The summed E-state index contributed by atoms with van der Waals surface area (Å²) >= 11 is 0. The van der Waals surface area contributed by atoms with Crippen molar-refractivity contribution in [3.05, 3.63) is 60.2 Å². The lowest BCUT2D eigenvalue weighted by atomic mass is 10.2. The Morgan fingerprint density at radius 3 is 2.29 bits per heavy atom. The molecule has 3 N–H and O–H groups in total. The highest BCUT2D eigenvalue weighted by atomic mass is 15.2. The average molecular weight is 320 g/mol. The number of aromatic nitrogens is 3. The van der Waals surface area contributed by atoms with Crippen LogP contribution in [0.1, 0.15) is 5.56 Å². The maximum Gasteiger partial charge on any atom is 0.228 e. The maximum atomic E-state index is 5.83. The van der Waals surface area contributed by atoms with E-state index < -0.39 is 0 Å². The molecule has 0 amide bonds. The van der Waals surface area contributed by atoms with Crippen molar-refractivity contribution < 1.29 is 0 Å². The van der Waals surface area contributed by atoms with Crippen LogP contribution >= 0.6 is 0 Å². The van der Waals surface area contributed by atoms with Crippen LogP contribution in [0.25, 0.3) is 11.4 Å². The van der Waals surface area contributed by atoms with Gasteiger partial charge in [-0.3, -0.25) is 0 Å². The summed E-state index contributed by atoms with van der Waals surface area (Å²) in [6.45, 7) is 0.628. The number of nitrogens with one attached hydrogen (secondary N) is 1. The fraction of sp³-hybridized carbons (Fsp3) is 0.167. The van der Waals surface area contributed by atoms with Gasteiger partial charge in [0.15, 0.2) is 5.82 Å². The third-order valence-electron chi connectivity index (χ3n) is 3.59. The highest BCUT2D eigenvalue weighted by Gasteiger charge is 2.07. The Kier molecular flexibility index (Phi) is 4.56. The first kappa shape index (κ1) is 15.7. The molecular weight excluding hydrogens is 300 g/mol. The summed E-state index contributed by atoms with van der Waals surface area (Å²) in [7, 11) is 4.00. The monoisotopic (exact) mass is 320 g/mol. The number of hydrogen-bond donors (Lipinski definition) is 2. The fourth-order valence-electron chi connectivity index (χ4n) is 2.29. The van der Waals surface area contributed by atoms with E-state index in [1.807, 2.05) is 73.6 Å². The topological polar surface area (TPSA) is 80.0 Å². The van der Waals surface area contributed by atoms with Gasteiger partial charge in [0.05, 0.1) is 0 Å². The summed E-state index contributed by atoms with van der Waals surface area (Å²) in [5, 5.41) is 3.19. The van der Waals surface area contributed by atoms with Gasteiger partial charge in [0.25, 0.3) is 0 Å². The molecule has 24 heavy (non-hydrogen) atoms. The molecule has 1 aromatic heterocycles. The SMILES string of the molecule is CN(C)c1ccc(-c2nc(N)nc(NCc3ccccc3)n2)cc1. The molecule has 0 aliphatic rings. The molecule has 0 atom stereocenters. The predicted octanol–water partition coefficient (Wildman–Crippen LogP) is 2.80. The van der Waals surface area contributed by atoms with Gasteiger partial charge in [0, 0.05) is 31.9 Å². The first-order chi connectivity index (χ1) is 11.6. The molecule has 0 saturated heterocycles. The molecule has 0 radical (unpaired) electrons. The van der Waals surface area contributed by atoms with Crippen LogP contribution in [0.5, 0.6) is 0 Å². The van der Waals surface area contributed by atoms with Crippen LogP contribution in [-0.2, 0) is 6.54 Å². The standard InChI is InChI=1S/C18H20N6/c1-24(2)15-10-8-14(9-11-15)16-21-17(19)23-18(22-16)20-12-13-6-4-3-5-7-13/h3-11H,12H2,1-2H3,(H3,19,20,21,22,23). The third-order valence-corrected chi connectivity index (χ3v) is 3.59. The van der Waals surface area contributed by atoms with Crippen molar-refractivity contribution in [3.63, 3.8) is 0 Å². The summed E-state index contributed by atoms with van der Waals surface area (Å²) in [5.74, 6) is 1.23. The molecule has 6 nitrogen and oxygen atoms in total. The van der Waals surface area contributed by atoms with Gasteiger partial charge in [-0.25, -0.2) is 0 Å². The minimum absolute atomic E-state index is 0.201. The Morgan fingerprint density at radius 1 is 0.917 bits per heavy atom.